The fraction of sp³-hybridized carbons (Fsp3) is 0.455. The lowest BCUT2D eigenvalue weighted by atomic mass is 10.1. The van der Waals surface area contributed by atoms with E-state index in [-0.39, 0.29) is 12.2 Å². The van der Waals surface area contributed by atoms with Gasteiger partial charge in [-0.25, -0.2) is 0 Å². The van der Waals surface area contributed by atoms with Gasteiger partial charge in [0.05, 0.1) is 12.2 Å². The van der Waals surface area contributed by atoms with Gasteiger partial charge in [0.25, 0.3) is 0 Å². The van der Waals surface area contributed by atoms with Gasteiger partial charge >= 0.3 is 0 Å². The number of nitrogens with one attached hydrogen (secondary N) is 1. The Labute approximate surface area is 89.2 Å². The van der Waals surface area contributed by atoms with Gasteiger partial charge in [-0.3, -0.25) is 0 Å². The van der Waals surface area contributed by atoms with E-state index in [4.69, 9.17) is 16.3 Å². The van der Waals surface area contributed by atoms with Crippen molar-refractivity contribution in [2.45, 2.75) is 19.1 Å². The lowest BCUT2D eigenvalue weighted by molar-refractivity contribution is -0.0287. The van der Waals surface area contributed by atoms with Crippen molar-refractivity contribution in [2.24, 2.45) is 0 Å². The Morgan fingerprint density at radius 2 is 2.29 bits per heavy atom. The van der Waals surface area contributed by atoms with Crippen LogP contribution in [0.25, 0.3) is 0 Å². The first-order chi connectivity index (χ1) is 6.75. The predicted octanol–water partition coefficient (Wildman–Crippen LogP) is 2.39. The Hall–Kier alpha value is -0.570. The molecule has 14 heavy (non-hydrogen) atoms. The van der Waals surface area contributed by atoms with Crippen LogP contribution < -0.4 is 5.32 Å². The topological polar surface area (TPSA) is 21.3 Å². The average molecular weight is 212 g/mol. The van der Waals surface area contributed by atoms with Crippen LogP contribution >= 0.6 is 11.6 Å². The minimum Gasteiger partial charge on any atom is -0.368 e. The quantitative estimate of drug-likeness (QED) is 0.770. The Morgan fingerprint density at radius 3 is 3.00 bits per heavy atom. The van der Waals surface area contributed by atoms with E-state index >= 15 is 0 Å². The van der Waals surface area contributed by atoms with Crippen molar-refractivity contribution in [3.05, 3.63) is 34.9 Å². The van der Waals surface area contributed by atoms with Crippen LogP contribution in [-0.2, 0) is 4.74 Å². The van der Waals surface area contributed by atoms with Crippen LogP contribution in [0.3, 0.4) is 0 Å². The SMILES string of the molecule is C[C@H]1CNCC(c2cccc(Cl)c2)O1. The summed E-state index contributed by atoms with van der Waals surface area (Å²) in [6, 6.07) is 7.85. The van der Waals surface area contributed by atoms with Gasteiger partial charge in [0.15, 0.2) is 0 Å². The number of morpholine rings is 1. The second kappa shape index (κ2) is 4.30. The predicted molar refractivity (Wildman–Crippen MR) is 57.6 cm³/mol. The fourth-order valence-corrected chi connectivity index (χ4v) is 1.90. The van der Waals surface area contributed by atoms with Gasteiger partial charge in [-0.15, -0.1) is 0 Å². The van der Waals surface area contributed by atoms with Gasteiger partial charge in [-0.2, -0.15) is 0 Å². The van der Waals surface area contributed by atoms with Crippen LogP contribution in [0.1, 0.15) is 18.6 Å². The summed E-state index contributed by atoms with van der Waals surface area (Å²) < 4.78 is 5.81. The van der Waals surface area contributed by atoms with Gasteiger partial charge in [0.2, 0.25) is 0 Å². The summed E-state index contributed by atoms with van der Waals surface area (Å²) in [7, 11) is 0. The van der Waals surface area contributed by atoms with E-state index in [1.165, 1.54) is 0 Å². The zero-order chi connectivity index (χ0) is 9.97. The number of rotatable bonds is 1. The van der Waals surface area contributed by atoms with Crippen molar-refractivity contribution < 1.29 is 4.74 Å². The van der Waals surface area contributed by atoms with Crippen LogP contribution in [0, 0.1) is 0 Å². The highest BCUT2D eigenvalue weighted by molar-refractivity contribution is 6.30. The molecular weight excluding hydrogens is 198 g/mol. The smallest absolute Gasteiger partial charge is 0.0954 e. The van der Waals surface area contributed by atoms with Crippen LogP contribution in [0.5, 0.6) is 0 Å². The summed E-state index contributed by atoms with van der Waals surface area (Å²) in [6.45, 7) is 3.87. The number of hydrogen-bond acceptors (Lipinski definition) is 2. The molecule has 1 N–H and O–H groups in total. The highest BCUT2D eigenvalue weighted by Gasteiger charge is 2.20. The molecule has 3 heteroatoms. The standard InChI is InChI=1S/C11H14ClNO/c1-8-6-13-7-11(14-8)9-3-2-4-10(12)5-9/h2-5,8,11,13H,6-7H2,1H3/t8-,11?/m0/s1. The van der Waals surface area contributed by atoms with Crippen molar-refractivity contribution in [1.82, 2.24) is 5.32 Å². The minimum atomic E-state index is 0.137. The molecule has 1 aromatic carbocycles. The Morgan fingerprint density at radius 1 is 1.43 bits per heavy atom. The summed E-state index contributed by atoms with van der Waals surface area (Å²) >= 11 is 5.92. The molecule has 1 aliphatic heterocycles. The Bertz CT molecular complexity index is 316. The van der Waals surface area contributed by atoms with Crippen LogP contribution in [0.4, 0.5) is 0 Å². The first kappa shape index (κ1) is 9.97. The number of ether oxygens (including phenoxy) is 1. The molecule has 1 heterocycles. The monoisotopic (exact) mass is 211 g/mol. The second-order valence-corrected chi connectivity index (χ2v) is 4.09. The van der Waals surface area contributed by atoms with Gasteiger partial charge in [0.1, 0.15) is 0 Å². The Balaban J connectivity index is 2.14. The maximum atomic E-state index is 5.92. The fourth-order valence-electron chi connectivity index (χ4n) is 1.70. The summed E-state index contributed by atoms with van der Waals surface area (Å²) in [6.07, 6.45) is 0.408. The summed E-state index contributed by atoms with van der Waals surface area (Å²) in [5, 5.41) is 4.10. The van der Waals surface area contributed by atoms with Crippen molar-refractivity contribution in [3.63, 3.8) is 0 Å². The molecule has 1 fully saturated rings. The zero-order valence-corrected chi connectivity index (χ0v) is 8.92. The molecule has 2 nitrogen and oxygen atoms in total. The lowest BCUT2D eigenvalue weighted by Gasteiger charge is -2.29. The third-order valence-electron chi connectivity index (χ3n) is 2.38. The number of hydrogen-bond donors (Lipinski definition) is 1. The maximum Gasteiger partial charge on any atom is 0.0954 e. The van der Waals surface area contributed by atoms with Crippen LogP contribution in [0.2, 0.25) is 5.02 Å². The second-order valence-electron chi connectivity index (χ2n) is 3.65. The molecule has 76 valence electrons. The van der Waals surface area contributed by atoms with Crippen molar-refractivity contribution in [3.8, 4) is 0 Å². The van der Waals surface area contributed by atoms with Crippen molar-refractivity contribution in [2.75, 3.05) is 13.1 Å². The molecule has 0 spiro atoms. The lowest BCUT2D eigenvalue weighted by Crippen LogP contribution is -2.38. The molecule has 1 unspecified atom stereocenters. The average Bonchev–Trinajstić information content (AvgIpc) is 2.18. The molecule has 2 atom stereocenters. The van der Waals surface area contributed by atoms with E-state index in [9.17, 15) is 0 Å². The first-order valence-corrected chi connectivity index (χ1v) is 5.25. The molecule has 0 radical (unpaired) electrons. The molecule has 1 aromatic rings. The van der Waals surface area contributed by atoms with E-state index in [1.54, 1.807) is 0 Å². The molecule has 0 amide bonds. The summed E-state index contributed by atoms with van der Waals surface area (Å²) in [5.74, 6) is 0. The molecule has 0 aliphatic carbocycles. The molecular formula is C11H14ClNO. The zero-order valence-electron chi connectivity index (χ0n) is 8.16. The van der Waals surface area contributed by atoms with Crippen LogP contribution in [-0.4, -0.2) is 19.2 Å². The van der Waals surface area contributed by atoms with Crippen LogP contribution in [0.15, 0.2) is 24.3 Å². The number of halogens is 1. The van der Waals surface area contributed by atoms with Gasteiger partial charge < -0.3 is 10.1 Å². The normalized spacial score (nSPS) is 27.6. The van der Waals surface area contributed by atoms with E-state index in [0.29, 0.717) is 0 Å². The highest BCUT2D eigenvalue weighted by atomic mass is 35.5. The third-order valence-corrected chi connectivity index (χ3v) is 2.61. The molecule has 0 aromatic heterocycles. The maximum absolute atomic E-state index is 5.92. The van der Waals surface area contributed by atoms with E-state index in [1.807, 2.05) is 18.2 Å². The third kappa shape index (κ3) is 2.27. The Kier molecular flexibility index (Phi) is 3.06. The molecule has 1 saturated heterocycles. The van der Waals surface area contributed by atoms with Crippen molar-refractivity contribution >= 4 is 11.6 Å². The van der Waals surface area contributed by atoms with Gasteiger partial charge in [-0.05, 0) is 24.6 Å². The number of benzene rings is 1. The molecule has 1 aliphatic rings. The molecule has 0 bridgehead atoms. The minimum absolute atomic E-state index is 0.137. The van der Waals surface area contributed by atoms with E-state index in [2.05, 4.69) is 18.3 Å². The highest BCUT2D eigenvalue weighted by Crippen LogP contribution is 2.23. The molecule has 0 saturated carbocycles. The van der Waals surface area contributed by atoms with E-state index < -0.39 is 0 Å². The largest absolute Gasteiger partial charge is 0.368 e. The van der Waals surface area contributed by atoms with E-state index in [0.717, 1.165) is 23.7 Å². The molecule has 2 rings (SSSR count). The van der Waals surface area contributed by atoms with Crippen molar-refractivity contribution in [1.29, 1.82) is 0 Å². The first-order valence-electron chi connectivity index (χ1n) is 4.87. The van der Waals surface area contributed by atoms with Gasteiger partial charge in [0, 0.05) is 18.1 Å². The van der Waals surface area contributed by atoms with Gasteiger partial charge in [-0.1, -0.05) is 23.7 Å². The summed E-state index contributed by atoms with van der Waals surface area (Å²) in [4.78, 5) is 0. The summed E-state index contributed by atoms with van der Waals surface area (Å²) in [5.41, 5.74) is 1.15.